The summed E-state index contributed by atoms with van der Waals surface area (Å²) in [6.07, 6.45) is 2.26. The van der Waals surface area contributed by atoms with Crippen LogP contribution in [0.1, 0.15) is 88.8 Å². The molecule has 2 aliphatic heterocycles. The fourth-order valence-corrected chi connectivity index (χ4v) is 7.67. The maximum atomic E-state index is 14.7. The van der Waals surface area contributed by atoms with E-state index in [1.54, 1.807) is 48.8 Å². The number of H-pyrrole nitrogens is 2. The number of rotatable bonds is 7. The second-order valence-corrected chi connectivity index (χ2v) is 14.6. The van der Waals surface area contributed by atoms with Crippen LogP contribution in [0.4, 0.5) is 28.9 Å². The van der Waals surface area contributed by atoms with Gasteiger partial charge in [-0.25, -0.2) is 14.4 Å². The number of nitrogens with one attached hydrogen (secondary N) is 5. The fraction of sp³-hybridized carbons (Fsp3) is 0.333. The summed E-state index contributed by atoms with van der Waals surface area (Å²) in [5.41, 5.74) is 4.10. The molecule has 4 heterocycles. The molecule has 292 valence electrons. The van der Waals surface area contributed by atoms with E-state index in [-0.39, 0.29) is 28.8 Å². The number of hydrogen-bond donors (Lipinski definition) is 5. The van der Waals surface area contributed by atoms with Crippen LogP contribution in [0.3, 0.4) is 0 Å². The van der Waals surface area contributed by atoms with Gasteiger partial charge in [-0.2, -0.15) is 13.2 Å². The lowest BCUT2D eigenvalue weighted by molar-refractivity contribution is -0.138. The molecule has 0 bridgehead atoms. The van der Waals surface area contributed by atoms with E-state index in [1.807, 2.05) is 12.1 Å². The molecule has 2 saturated heterocycles. The predicted octanol–water partition coefficient (Wildman–Crippen LogP) is 8.84. The number of hydrogen-bond acceptors (Lipinski definition) is 6. The zero-order chi connectivity index (χ0) is 39.4. The van der Waals surface area contributed by atoms with Crippen molar-refractivity contribution >= 4 is 45.3 Å². The lowest BCUT2D eigenvalue weighted by Gasteiger charge is -2.35. The van der Waals surface area contributed by atoms with Gasteiger partial charge >= 0.3 is 6.18 Å². The Balaban J connectivity index is 0.000000172. The standard InChI is InChI=1S/C22H25FN4O.C20H19F3N4O/c1-14(2)27-10-4-5-16(12-27)15-8-9-19(18(23)11-15)26-22(28)17-6-3-7-20-21(17)25-13-24-20;21-20(22,23)16-9-13(6-7-14(16)12-3-2-8-24-10-12)27-19(28)15-4-1-5-17-18(15)26-11-25-17/h3,6-9,11,13-14,16H,4-5,10,12H2,1-2H3,(H,24,25)(H,26,28);1,4-7,9,11-12,24H,2-3,8,10H2,(H,25,26)(H,27,28). The van der Waals surface area contributed by atoms with Crippen molar-refractivity contribution < 1.29 is 27.2 Å². The van der Waals surface area contributed by atoms with Gasteiger partial charge in [0.25, 0.3) is 11.8 Å². The number of alkyl halides is 3. The van der Waals surface area contributed by atoms with Crippen LogP contribution < -0.4 is 16.0 Å². The summed E-state index contributed by atoms with van der Waals surface area (Å²) in [5, 5.41) is 8.41. The normalized spacial score (nSPS) is 17.8. The Bertz CT molecular complexity index is 2330. The molecule has 0 saturated carbocycles. The Labute approximate surface area is 321 Å². The van der Waals surface area contributed by atoms with Gasteiger partial charge in [0, 0.05) is 24.8 Å². The van der Waals surface area contributed by atoms with Gasteiger partial charge in [-0.15, -0.1) is 0 Å². The van der Waals surface area contributed by atoms with Crippen molar-refractivity contribution in [3.05, 3.63) is 119 Å². The van der Waals surface area contributed by atoms with E-state index >= 15 is 0 Å². The van der Waals surface area contributed by atoms with E-state index in [2.05, 4.69) is 54.6 Å². The summed E-state index contributed by atoms with van der Waals surface area (Å²) < 4.78 is 55.7. The first-order valence-corrected chi connectivity index (χ1v) is 18.9. The number of fused-ring (bicyclic) bond motifs is 2. The molecule has 2 aliphatic rings. The number of amides is 2. The first kappa shape index (κ1) is 38.7. The number of aromatic amines is 2. The predicted molar refractivity (Wildman–Crippen MR) is 209 cm³/mol. The van der Waals surface area contributed by atoms with Gasteiger partial charge in [0.15, 0.2) is 0 Å². The van der Waals surface area contributed by atoms with Crippen LogP contribution in [0.2, 0.25) is 0 Å². The maximum absolute atomic E-state index is 14.7. The van der Waals surface area contributed by atoms with E-state index in [4.69, 9.17) is 0 Å². The molecule has 0 aliphatic carbocycles. The summed E-state index contributed by atoms with van der Waals surface area (Å²) in [6.45, 7) is 7.79. The van der Waals surface area contributed by atoms with Gasteiger partial charge < -0.3 is 30.8 Å². The van der Waals surface area contributed by atoms with E-state index in [9.17, 15) is 27.2 Å². The minimum absolute atomic E-state index is 0.109. The second-order valence-electron chi connectivity index (χ2n) is 14.6. The first-order chi connectivity index (χ1) is 27.0. The largest absolute Gasteiger partial charge is 0.416 e. The quantitative estimate of drug-likeness (QED) is 0.103. The number of likely N-dealkylation sites (tertiary alicyclic amines) is 1. The molecule has 2 unspecified atom stereocenters. The van der Waals surface area contributed by atoms with Crippen molar-refractivity contribution in [2.75, 3.05) is 36.8 Å². The maximum Gasteiger partial charge on any atom is 0.416 e. The van der Waals surface area contributed by atoms with Crippen molar-refractivity contribution in [1.82, 2.24) is 30.2 Å². The number of halogens is 4. The highest BCUT2D eigenvalue weighted by molar-refractivity contribution is 6.12. The van der Waals surface area contributed by atoms with Gasteiger partial charge in [-0.05, 0) is 124 Å². The Morgan fingerprint density at radius 2 is 1.48 bits per heavy atom. The summed E-state index contributed by atoms with van der Waals surface area (Å²) in [5.74, 6) is -1.13. The van der Waals surface area contributed by atoms with Crippen LogP contribution >= 0.6 is 0 Å². The Hall–Kier alpha value is -5.60. The van der Waals surface area contributed by atoms with Gasteiger partial charge in [-0.3, -0.25) is 9.59 Å². The van der Waals surface area contributed by atoms with Gasteiger partial charge in [0.2, 0.25) is 0 Å². The summed E-state index contributed by atoms with van der Waals surface area (Å²) in [4.78, 5) is 41.9. The molecule has 10 nitrogen and oxygen atoms in total. The lowest BCUT2D eigenvalue weighted by Crippen LogP contribution is -2.39. The number of carbonyl (C=O) groups is 2. The van der Waals surface area contributed by atoms with Crippen molar-refractivity contribution in [3.8, 4) is 0 Å². The lowest BCUT2D eigenvalue weighted by atomic mass is 9.88. The number of anilines is 2. The number of carbonyl (C=O) groups excluding carboxylic acids is 2. The van der Waals surface area contributed by atoms with Crippen LogP contribution in [0.25, 0.3) is 22.1 Å². The average molecular weight is 769 g/mol. The molecule has 2 atom stereocenters. The molecule has 8 rings (SSSR count). The number of para-hydroxylation sites is 2. The zero-order valence-corrected chi connectivity index (χ0v) is 31.1. The molecule has 6 aromatic rings. The number of piperidine rings is 2. The molecule has 2 aromatic heterocycles. The third-order valence-electron chi connectivity index (χ3n) is 10.6. The van der Waals surface area contributed by atoms with Gasteiger partial charge in [0.05, 0.1) is 46.1 Å². The van der Waals surface area contributed by atoms with Crippen molar-refractivity contribution in [1.29, 1.82) is 0 Å². The molecule has 5 N–H and O–H groups in total. The van der Waals surface area contributed by atoms with Gasteiger partial charge in [0.1, 0.15) is 16.9 Å². The van der Waals surface area contributed by atoms with E-state index in [0.717, 1.165) is 56.0 Å². The second kappa shape index (κ2) is 16.6. The molecule has 14 heteroatoms. The molecule has 2 fully saturated rings. The Morgan fingerprint density at radius 3 is 2.09 bits per heavy atom. The fourth-order valence-electron chi connectivity index (χ4n) is 7.67. The van der Waals surface area contributed by atoms with E-state index < -0.39 is 23.5 Å². The van der Waals surface area contributed by atoms with Crippen LogP contribution in [-0.4, -0.2) is 68.9 Å². The summed E-state index contributed by atoms with van der Waals surface area (Å²) in [7, 11) is 0. The summed E-state index contributed by atoms with van der Waals surface area (Å²) >= 11 is 0. The zero-order valence-electron chi connectivity index (χ0n) is 31.1. The highest BCUT2D eigenvalue weighted by atomic mass is 19.4. The molecule has 56 heavy (non-hydrogen) atoms. The minimum Gasteiger partial charge on any atom is -0.345 e. The smallest absolute Gasteiger partial charge is 0.345 e. The van der Waals surface area contributed by atoms with E-state index in [0.29, 0.717) is 52.6 Å². The third-order valence-corrected chi connectivity index (χ3v) is 10.6. The van der Waals surface area contributed by atoms with Crippen LogP contribution in [0.15, 0.2) is 85.5 Å². The highest BCUT2D eigenvalue weighted by Crippen LogP contribution is 2.39. The van der Waals surface area contributed by atoms with E-state index in [1.165, 1.54) is 18.5 Å². The molecule has 2 amide bonds. The Morgan fingerprint density at radius 1 is 0.821 bits per heavy atom. The van der Waals surface area contributed by atoms with Crippen molar-refractivity contribution in [2.45, 2.75) is 63.6 Å². The molecular formula is C42H44F4N8O2. The van der Waals surface area contributed by atoms with Crippen molar-refractivity contribution in [2.24, 2.45) is 0 Å². The SMILES string of the molecule is CC(C)N1CCCC(c2ccc(NC(=O)c3cccc4[nH]cnc34)c(F)c2)C1.O=C(Nc1ccc(C2CCCNC2)c(C(F)(F)F)c1)c1cccc2[nH]cnc12. The monoisotopic (exact) mass is 768 g/mol. The first-order valence-electron chi connectivity index (χ1n) is 18.9. The van der Waals surface area contributed by atoms with Crippen molar-refractivity contribution in [3.63, 3.8) is 0 Å². The molecule has 4 aromatic carbocycles. The minimum atomic E-state index is -4.49. The molecule has 0 radical (unpaired) electrons. The average Bonchev–Trinajstić information content (AvgIpc) is 3.89. The number of aromatic nitrogens is 4. The third kappa shape index (κ3) is 8.61. The highest BCUT2D eigenvalue weighted by Gasteiger charge is 2.36. The molecular weight excluding hydrogens is 725 g/mol. The summed E-state index contributed by atoms with van der Waals surface area (Å²) in [6, 6.07) is 20.1. The Kier molecular flexibility index (Phi) is 11.5. The number of imidazole rings is 2. The molecule has 0 spiro atoms. The van der Waals surface area contributed by atoms with Crippen LogP contribution in [0.5, 0.6) is 0 Å². The number of nitrogens with zero attached hydrogens (tertiary/aromatic N) is 3. The van der Waals surface area contributed by atoms with Crippen LogP contribution in [0, 0.1) is 5.82 Å². The van der Waals surface area contributed by atoms with Gasteiger partial charge in [-0.1, -0.05) is 24.3 Å². The topological polar surface area (TPSA) is 131 Å². The number of benzene rings is 4. The van der Waals surface area contributed by atoms with Crippen LogP contribution in [-0.2, 0) is 6.18 Å².